The Bertz CT molecular complexity index is 297. The Balaban J connectivity index is 3.33. The second kappa shape index (κ2) is 3.11. The first-order valence-electron chi connectivity index (χ1n) is 3.77. The van der Waals surface area contributed by atoms with Gasteiger partial charge in [-0.2, -0.15) is 0 Å². The molecule has 1 aromatic carbocycles. The molecule has 1 atom stereocenters. The summed E-state index contributed by atoms with van der Waals surface area (Å²) in [5.74, 6) is -0.488. The largest absolute Gasteiger partial charge is 0.507 e. The maximum Gasteiger partial charge on any atom is 0.131 e. The minimum absolute atomic E-state index is 0.0370. The number of hydrogen-bond donors (Lipinski definition) is 2. The SMILES string of the molecule is Cc1ccc(F)c([C@H](C)N)c1O. The molecule has 0 aliphatic carbocycles. The van der Waals surface area contributed by atoms with Crippen LogP contribution in [0.4, 0.5) is 4.39 Å². The Morgan fingerprint density at radius 2 is 2.08 bits per heavy atom. The molecule has 12 heavy (non-hydrogen) atoms. The summed E-state index contributed by atoms with van der Waals surface area (Å²) in [6, 6.07) is 2.36. The van der Waals surface area contributed by atoms with E-state index in [2.05, 4.69) is 0 Å². The lowest BCUT2D eigenvalue weighted by molar-refractivity contribution is 0.448. The van der Waals surface area contributed by atoms with Crippen LogP contribution in [0.5, 0.6) is 5.75 Å². The number of nitrogens with two attached hydrogens (primary N) is 1. The standard InChI is InChI=1S/C9H12FNO/c1-5-3-4-7(10)8(6(2)11)9(5)12/h3-4,6,12H,11H2,1-2H3/t6-/m0/s1. The predicted octanol–water partition coefficient (Wildman–Crippen LogP) is 1.86. The molecule has 0 unspecified atom stereocenters. The third-order valence-electron chi connectivity index (χ3n) is 1.82. The summed E-state index contributed by atoms with van der Waals surface area (Å²) in [4.78, 5) is 0. The van der Waals surface area contributed by atoms with Gasteiger partial charge >= 0.3 is 0 Å². The van der Waals surface area contributed by atoms with E-state index in [9.17, 15) is 9.50 Å². The molecule has 0 heterocycles. The molecule has 66 valence electrons. The zero-order valence-electron chi connectivity index (χ0n) is 7.13. The Hall–Kier alpha value is -1.09. The average Bonchev–Trinajstić information content (AvgIpc) is 1.97. The van der Waals surface area contributed by atoms with Crippen molar-refractivity contribution < 1.29 is 9.50 Å². The van der Waals surface area contributed by atoms with Crippen molar-refractivity contribution in [3.8, 4) is 5.75 Å². The molecule has 3 heteroatoms. The van der Waals surface area contributed by atoms with Gasteiger partial charge in [-0.25, -0.2) is 4.39 Å². The molecule has 0 aliphatic rings. The van der Waals surface area contributed by atoms with Gasteiger partial charge in [-0.3, -0.25) is 0 Å². The molecule has 1 aromatic rings. The summed E-state index contributed by atoms with van der Waals surface area (Å²) in [5, 5.41) is 9.43. The van der Waals surface area contributed by atoms with Crippen LogP contribution < -0.4 is 5.73 Å². The first-order chi connectivity index (χ1) is 5.54. The van der Waals surface area contributed by atoms with Crippen LogP contribution in [0.15, 0.2) is 12.1 Å². The molecule has 0 radical (unpaired) electrons. The average molecular weight is 169 g/mol. The third-order valence-corrected chi connectivity index (χ3v) is 1.82. The van der Waals surface area contributed by atoms with Crippen LogP contribution in [-0.4, -0.2) is 5.11 Å². The molecule has 3 N–H and O–H groups in total. The summed E-state index contributed by atoms with van der Waals surface area (Å²) in [5.41, 5.74) is 6.32. The van der Waals surface area contributed by atoms with Crippen molar-refractivity contribution in [2.75, 3.05) is 0 Å². The Labute approximate surface area is 70.8 Å². The van der Waals surface area contributed by atoms with E-state index in [-0.39, 0.29) is 11.3 Å². The van der Waals surface area contributed by atoms with E-state index in [4.69, 9.17) is 5.73 Å². The summed E-state index contributed by atoms with van der Waals surface area (Å²) in [6.45, 7) is 3.35. The number of phenols is 1. The Morgan fingerprint density at radius 3 is 2.50 bits per heavy atom. The molecular formula is C9H12FNO. The van der Waals surface area contributed by atoms with Gasteiger partial charge in [-0.05, 0) is 25.5 Å². The van der Waals surface area contributed by atoms with E-state index in [0.717, 1.165) is 0 Å². The van der Waals surface area contributed by atoms with Crippen molar-refractivity contribution in [2.45, 2.75) is 19.9 Å². The molecule has 0 fully saturated rings. The van der Waals surface area contributed by atoms with Crippen molar-refractivity contribution in [3.63, 3.8) is 0 Å². The Kier molecular flexibility index (Phi) is 2.33. The van der Waals surface area contributed by atoms with E-state index in [1.54, 1.807) is 13.8 Å². The topological polar surface area (TPSA) is 46.2 Å². The van der Waals surface area contributed by atoms with Gasteiger partial charge in [0.05, 0.1) is 0 Å². The molecule has 2 nitrogen and oxygen atoms in total. The maximum absolute atomic E-state index is 13.0. The first-order valence-corrected chi connectivity index (χ1v) is 3.77. The predicted molar refractivity (Wildman–Crippen MR) is 45.4 cm³/mol. The third kappa shape index (κ3) is 1.41. The van der Waals surface area contributed by atoms with Gasteiger partial charge in [0.2, 0.25) is 0 Å². The molecule has 0 aromatic heterocycles. The summed E-state index contributed by atoms with van der Waals surface area (Å²) >= 11 is 0. The fourth-order valence-corrected chi connectivity index (χ4v) is 1.13. The zero-order valence-corrected chi connectivity index (χ0v) is 7.13. The van der Waals surface area contributed by atoms with E-state index in [1.807, 2.05) is 0 Å². The van der Waals surface area contributed by atoms with Crippen LogP contribution >= 0.6 is 0 Å². The van der Waals surface area contributed by atoms with E-state index in [1.165, 1.54) is 12.1 Å². The number of phenolic OH excluding ortho intramolecular Hbond substituents is 1. The molecular weight excluding hydrogens is 157 g/mol. The highest BCUT2D eigenvalue weighted by Gasteiger charge is 2.13. The van der Waals surface area contributed by atoms with Crippen LogP contribution in [-0.2, 0) is 0 Å². The highest BCUT2D eigenvalue weighted by molar-refractivity contribution is 5.41. The van der Waals surface area contributed by atoms with Crippen LogP contribution in [0, 0.1) is 12.7 Å². The van der Waals surface area contributed by atoms with Gasteiger partial charge in [0.25, 0.3) is 0 Å². The highest BCUT2D eigenvalue weighted by Crippen LogP contribution is 2.28. The molecule has 0 saturated heterocycles. The van der Waals surface area contributed by atoms with Gasteiger partial charge < -0.3 is 10.8 Å². The molecule has 0 bridgehead atoms. The van der Waals surface area contributed by atoms with E-state index in [0.29, 0.717) is 5.56 Å². The Morgan fingerprint density at radius 1 is 1.50 bits per heavy atom. The number of rotatable bonds is 1. The fraction of sp³-hybridized carbons (Fsp3) is 0.333. The summed E-state index contributed by atoms with van der Waals surface area (Å²) in [6.07, 6.45) is 0. The van der Waals surface area contributed by atoms with Crippen LogP contribution in [0.2, 0.25) is 0 Å². The van der Waals surface area contributed by atoms with Gasteiger partial charge in [-0.15, -0.1) is 0 Å². The highest BCUT2D eigenvalue weighted by atomic mass is 19.1. The number of aryl methyl sites for hydroxylation is 1. The van der Waals surface area contributed by atoms with Crippen LogP contribution in [0.3, 0.4) is 0 Å². The monoisotopic (exact) mass is 169 g/mol. The number of halogens is 1. The van der Waals surface area contributed by atoms with Crippen molar-refractivity contribution >= 4 is 0 Å². The molecule has 1 rings (SSSR count). The van der Waals surface area contributed by atoms with E-state index >= 15 is 0 Å². The second-order valence-electron chi connectivity index (χ2n) is 2.92. The lowest BCUT2D eigenvalue weighted by Crippen LogP contribution is -2.08. The normalized spacial score (nSPS) is 13.0. The van der Waals surface area contributed by atoms with Crippen molar-refractivity contribution in [2.24, 2.45) is 5.73 Å². The summed E-state index contributed by atoms with van der Waals surface area (Å²) in [7, 11) is 0. The molecule has 0 amide bonds. The van der Waals surface area contributed by atoms with Gasteiger partial charge in [0, 0.05) is 11.6 Å². The molecule has 0 spiro atoms. The molecule has 0 saturated carbocycles. The van der Waals surface area contributed by atoms with Gasteiger partial charge in [0.1, 0.15) is 11.6 Å². The quantitative estimate of drug-likeness (QED) is 0.674. The first kappa shape index (κ1) is 9.00. The lowest BCUT2D eigenvalue weighted by Gasteiger charge is -2.11. The van der Waals surface area contributed by atoms with Crippen molar-refractivity contribution in [3.05, 3.63) is 29.1 Å². The summed E-state index contributed by atoms with van der Waals surface area (Å²) < 4.78 is 13.0. The van der Waals surface area contributed by atoms with Crippen LogP contribution in [0.1, 0.15) is 24.1 Å². The maximum atomic E-state index is 13.0. The van der Waals surface area contributed by atoms with E-state index < -0.39 is 11.9 Å². The zero-order chi connectivity index (χ0) is 9.30. The van der Waals surface area contributed by atoms with Gasteiger partial charge in [-0.1, -0.05) is 6.07 Å². The molecule has 0 aliphatic heterocycles. The van der Waals surface area contributed by atoms with Crippen molar-refractivity contribution in [1.29, 1.82) is 0 Å². The number of aromatic hydroxyl groups is 1. The lowest BCUT2D eigenvalue weighted by atomic mass is 10.0. The van der Waals surface area contributed by atoms with Crippen LogP contribution in [0.25, 0.3) is 0 Å². The number of hydrogen-bond acceptors (Lipinski definition) is 2. The minimum atomic E-state index is -0.482. The van der Waals surface area contributed by atoms with Crippen molar-refractivity contribution in [1.82, 2.24) is 0 Å². The number of benzene rings is 1. The smallest absolute Gasteiger partial charge is 0.131 e. The fourth-order valence-electron chi connectivity index (χ4n) is 1.13. The second-order valence-corrected chi connectivity index (χ2v) is 2.92. The van der Waals surface area contributed by atoms with Gasteiger partial charge in [0.15, 0.2) is 0 Å². The minimum Gasteiger partial charge on any atom is -0.507 e.